The third-order valence-corrected chi connectivity index (χ3v) is 4.21. The van der Waals surface area contributed by atoms with E-state index >= 15 is 0 Å². The lowest BCUT2D eigenvalue weighted by Gasteiger charge is -2.15. The van der Waals surface area contributed by atoms with Gasteiger partial charge in [0.25, 0.3) is 5.91 Å². The number of aliphatic hydroxyl groups excluding tert-OH is 1. The van der Waals surface area contributed by atoms with E-state index in [4.69, 9.17) is 14.2 Å². The molecule has 0 bridgehead atoms. The summed E-state index contributed by atoms with van der Waals surface area (Å²) in [6.45, 7) is 0.774. The molecule has 0 radical (unpaired) electrons. The predicted octanol–water partition coefficient (Wildman–Crippen LogP) is 2.10. The van der Waals surface area contributed by atoms with Crippen molar-refractivity contribution < 1.29 is 24.1 Å². The molecule has 0 aliphatic carbocycles. The molecule has 1 atom stereocenters. The number of amides is 1. The van der Waals surface area contributed by atoms with E-state index in [2.05, 4.69) is 5.32 Å². The number of fused-ring (bicyclic) bond motifs is 1. The Labute approximate surface area is 146 Å². The fourth-order valence-electron chi connectivity index (χ4n) is 2.80. The number of aliphatic hydroxyl groups is 1. The van der Waals surface area contributed by atoms with Gasteiger partial charge in [-0.25, -0.2) is 0 Å². The van der Waals surface area contributed by atoms with Gasteiger partial charge in [0, 0.05) is 19.0 Å². The molecule has 1 amide bonds. The summed E-state index contributed by atoms with van der Waals surface area (Å²) in [7, 11) is 3.04. The zero-order chi connectivity index (χ0) is 17.8. The molecule has 6 nitrogen and oxygen atoms in total. The molecule has 0 saturated heterocycles. The number of ether oxygens (including phenoxy) is 3. The standard InChI is InChI=1S/C19H21NO5/c1-23-14-4-5-15(18(10-14)24-2)19(22)20-11-16(21)12-3-6-17-13(9-12)7-8-25-17/h3-6,9-10,16,21H,7-8,11H2,1-2H3,(H,20,22). The summed E-state index contributed by atoms with van der Waals surface area (Å²) in [5, 5.41) is 13.1. The molecule has 2 N–H and O–H groups in total. The molecule has 3 rings (SSSR count). The molecular formula is C19H21NO5. The maximum atomic E-state index is 12.4. The number of hydrogen-bond donors (Lipinski definition) is 2. The Morgan fingerprint density at radius 2 is 2.08 bits per heavy atom. The van der Waals surface area contributed by atoms with Gasteiger partial charge in [-0.15, -0.1) is 0 Å². The van der Waals surface area contributed by atoms with Gasteiger partial charge in [-0.05, 0) is 35.4 Å². The first-order valence-electron chi connectivity index (χ1n) is 8.06. The maximum absolute atomic E-state index is 12.4. The molecule has 1 aliphatic heterocycles. The molecule has 0 spiro atoms. The quantitative estimate of drug-likeness (QED) is 0.840. The first kappa shape index (κ1) is 17.1. The van der Waals surface area contributed by atoms with Crippen LogP contribution in [0.1, 0.15) is 27.6 Å². The fourth-order valence-corrected chi connectivity index (χ4v) is 2.80. The normalized spacial score (nSPS) is 13.6. The fraction of sp³-hybridized carbons (Fsp3) is 0.316. The summed E-state index contributed by atoms with van der Waals surface area (Å²) in [5.41, 5.74) is 2.23. The van der Waals surface area contributed by atoms with Crippen LogP contribution in [0.25, 0.3) is 0 Å². The van der Waals surface area contributed by atoms with Crippen molar-refractivity contribution in [2.24, 2.45) is 0 Å². The lowest BCUT2D eigenvalue weighted by molar-refractivity contribution is 0.0913. The second-order valence-electron chi connectivity index (χ2n) is 5.76. The Kier molecular flexibility index (Phi) is 5.09. The van der Waals surface area contributed by atoms with Crippen LogP contribution in [0.5, 0.6) is 17.2 Å². The van der Waals surface area contributed by atoms with Crippen molar-refractivity contribution in [1.29, 1.82) is 0 Å². The van der Waals surface area contributed by atoms with Gasteiger partial charge in [0.2, 0.25) is 0 Å². The molecule has 132 valence electrons. The highest BCUT2D eigenvalue weighted by molar-refractivity contribution is 5.97. The Morgan fingerprint density at radius 3 is 2.84 bits per heavy atom. The maximum Gasteiger partial charge on any atom is 0.255 e. The zero-order valence-corrected chi connectivity index (χ0v) is 14.2. The highest BCUT2D eigenvalue weighted by Crippen LogP contribution is 2.28. The summed E-state index contributed by atoms with van der Waals surface area (Å²) in [6.07, 6.45) is 0.0461. The van der Waals surface area contributed by atoms with Crippen LogP contribution in [0, 0.1) is 0 Å². The first-order chi connectivity index (χ1) is 12.1. The van der Waals surface area contributed by atoms with Gasteiger partial charge in [-0.1, -0.05) is 6.07 Å². The van der Waals surface area contributed by atoms with Crippen LogP contribution in [-0.2, 0) is 6.42 Å². The predicted molar refractivity (Wildman–Crippen MR) is 92.5 cm³/mol. The van der Waals surface area contributed by atoms with Crippen LogP contribution < -0.4 is 19.5 Å². The summed E-state index contributed by atoms with van der Waals surface area (Å²) in [5.74, 6) is 1.57. The van der Waals surface area contributed by atoms with E-state index in [-0.39, 0.29) is 12.5 Å². The van der Waals surface area contributed by atoms with Crippen molar-refractivity contribution in [1.82, 2.24) is 5.32 Å². The molecule has 0 saturated carbocycles. The van der Waals surface area contributed by atoms with E-state index in [0.717, 1.165) is 23.3 Å². The summed E-state index contributed by atoms with van der Waals surface area (Å²) in [4.78, 5) is 12.4. The van der Waals surface area contributed by atoms with Crippen LogP contribution in [0.15, 0.2) is 36.4 Å². The van der Waals surface area contributed by atoms with E-state index < -0.39 is 6.10 Å². The lowest BCUT2D eigenvalue weighted by atomic mass is 10.0. The van der Waals surface area contributed by atoms with Crippen LogP contribution in [0.4, 0.5) is 0 Å². The summed E-state index contributed by atoms with van der Waals surface area (Å²) in [6, 6.07) is 10.6. The number of carbonyl (C=O) groups excluding carboxylic acids is 1. The lowest BCUT2D eigenvalue weighted by Crippen LogP contribution is -2.28. The minimum Gasteiger partial charge on any atom is -0.497 e. The SMILES string of the molecule is COc1ccc(C(=O)NCC(O)c2ccc3c(c2)CCO3)c(OC)c1. The molecule has 1 heterocycles. The van der Waals surface area contributed by atoms with Crippen molar-refractivity contribution in [3.8, 4) is 17.2 Å². The molecular weight excluding hydrogens is 322 g/mol. The topological polar surface area (TPSA) is 77.0 Å². The van der Waals surface area contributed by atoms with Crippen molar-refractivity contribution in [3.63, 3.8) is 0 Å². The minimum atomic E-state index is -0.793. The Bertz CT molecular complexity index is 774. The smallest absolute Gasteiger partial charge is 0.255 e. The van der Waals surface area contributed by atoms with Gasteiger partial charge < -0.3 is 24.6 Å². The first-order valence-corrected chi connectivity index (χ1v) is 8.06. The Hall–Kier alpha value is -2.73. The summed E-state index contributed by atoms with van der Waals surface area (Å²) < 4.78 is 15.8. The molecule has 2 aromatic carbocycles. The van der Waals surface area contributed by atoms with Crippen LogP contribution in [0.2, 0.25) is 0 Å². The number of rotatable bonds is 6. The third-order valence-electron chi connectivity index (χ3n) is 4.21. The van der Waals surface area contributed by atoms with Crippen molar-refractivity contribution >= 4 is 5.91 Å². The van der Waals surface area contributed by atoms with Gasteiger partial charge in [-0.3, -0.25) is 4.79 Å². The van der Waals surface area contributed by atoms with Gasteiger partial charge in [-0.2, -0.15) is 0 Å². The number of hydrogen-bond acceptors (Lipinski definition) is 5. The van der Waals surface area contributed by atoms with E-state index in [1.807, 2.05) is 18.2 Å². The average molecular weight is 343 g/mol. The second kappa shape index (κ2) is 7.44. The molecule has 1 aliphatic rings. The average Bonchev–Trinajstić information content (AvgIpc) is 3.12. The second-order valence-corrected chi connectivity index (χ2v) is 5.76. The van der Waals surface area contributed by atoms with E-state index in [9.17, 15) is 9.90 Å². The van der Waals surface area contributed by atoms with Crippen LogP contribution in [0.3, 0.4) is 0 Å². The number of benzene rings is 2. The number of carbonyl (C=O) groups is 1. The molecule has 6 heteroatoms. The Balaban J connectivity index is 1.66. The van der Waals surface area contributed by atoms with Crippen molar-refractivity contribution in [2.45, 2.75) is 12.5 Å². The highest BCUT2D eigenvalue weighted by Gasteiger charge is 2.18. The molecule has 0 aromatic heterocycles. The monoisotopic (exact) mass is 343 g/mol. The van der Waals surface area contributed by atoms with Crippen molar-refractivity contribution in [3.05, 3.63) is 53.1 Å². The van der Waals surface area contributed by atoms with Gasteiger partial charge in [0.15, 0.2) is 0 Å². The highest BCUT2D eigenvalue weighted by atomic mass is 16.5. The van der Waals surface area contributed by atoms with Crippen LogP contribution >= 0.6 is 0 Å². The molecule has 2 aromatic rings. The molecule has 0 fully saturated rings. The van der Waals surface area contributed by atoms with Gasteiger partial charge in [0.1, 0.15) is 17.2 Å². The summed E-state index contributed by atoms with van der Waals surface area (Å²) >= 11 is 0. The van der Waals surface area contributed by atoms with Gasteiger partial charge in [0.05, 0.1) is 32.5 Å². The minimum absolute atomic E-state index is 0.105. The van der Waals surface area contributed by atoms with Crippen molar-refractivity contribution in [2.75, 3.05) is 27.4 Å². The Morgan fingerprint density at radius 1 is 1.24 bits per heavy atom. The van der Waals surface area contributed by atoms with Gasteiger partial charge >= 0.3 is 0 Å². The zero-order valence-electron chi connectivity index (χ0n) is 14.2. The van der Waals surface area contributed by atoms with E-state index in [0.29, 0.717) is 23.7 Å². The largest absolute Gasteiger partial charge is 0.497 e. The van der Waals surface area contributed by atoms with E-state index in [1.165, 1.54) is 7.11 Å². The third kappa shape index (κ3) is 3.69. The molecule has 1 unspecified atom stereocenters. The number of nitrogens with one attached hydrogen (secondary N) is 1. The van der Waals surface area contributed by atoms with Crippen LogP contribution in [-0.4, -0.2) is 38.4 Å². The number of methoxy groups -OCH3 is 2. The van der Waals surface area contributed by atoms with E-state index in [1.54, 1.807) is 25.3 Å². The molecule has 25 heavy (non-hydrogen) atoms.